The molecule has 0 N–H and O–H groups in total. The fourth-order valence-electron chi connectivity index (χ4n) is 2.34. The van der Waals surface area contributed by atoms with Crippen LogP contribution in [0.4, 0.5) is 0 Å². The molecule has 0 aliphatic carbocycles. The Kier molecular flexibility index (Phi) is 5.34. The molecule has 0 bridgehead atoms. The average Bonchev–Trinajstić information content (AvgIpc) is 2.47. The van der Waals surface area contributed by atoms with Crippen molar-refractivity contribution in [1.29, 1.82) is 0 Å². The molecule has 1 aromatic heterocycles. The molecule has 0 aromatic carbocycles. The lowest BCUT2D eigenvalue weighted by Crippen LogP contribution is -2.48. The third-order valence-electron chi connectivity index (χ3n) is 3.30. The standard InChI is InChI=1S/C13H17BrN2O4S/c1-2-20-13(17)12-5-3-4-6-16(12)21(18,19)11-7-10(14)8-15-9-11/h7-9,12H,2-6H2,1H3. The van der Waals surface area contributed by atoms with Crippen LogP contribution in [0.25, 0.3) is 0 Å². The van der Waals surface area contributed by atoms with E-state index in [0.29, 0.717) is 17.4 Å². The lowest BCUT2D eigenvalue weighted by molar-refractivity contribution is -0.148. The fourth-order valence-corrected chi connectivity index (χ4v) is 4.49. The van der Waals surface area contributed by atoms with Crippen LogP contribution in [-0.4, -0.2) is 42.9 Å². The first-order valence-corrected chi connectivity index (χ1v) is 8.99. The summed E-state index contributed by atoms with van der Waals surface area (Å²) in [5, 5.41) is 0. The summed E-state index contributed by atoms with van der Waals surface area (Å²) in [6.07, 6.45) is 4.83. The number of sulfonamides is 1. The minimum absolute atomic E-state index is 0.0769. The van der Waals surface area contributed by atoms with Gasteiger partial charge in [0.25, 0.3) is 0 Å². The van der Waals surface area contributed by atoms with Crippen LogP contribution >= 0.6 is 15.9 Å². The number of carbonyl (C=O) groups is 1. The predicted molar refractivity (Wildman–Crippen MR) is 80.1 cm³/mol. The molecule has 0 radical (unpaired) electrons. The third kappa shape index (κ3) is 3.61. The third-order valence-corrected chi connectivity index (χ3v) is 5.61. The van der Waals surface area contributed by atoms with Crippen molar-refractivity contribution in [2.45, 2.75) is 37.1 Å². The van der Waals surface area contributed by atoms with Gasteiger partial charge in [-0.15, -0.1) is 0 Å². The summed E-state index contributed by atoms with van der Waals surface area (Å²) < 4.78 is 32.2. The first-order chi connectivity index (χ1) is 9.96. The molecule has 1 atom stereocenters. The summed E-state index contributed by atoms with van der Waals surface area (Å²) in [7, 11) is -3.76. The van der Waals surface area contributed by atoms with Crippen molar-refractivity contribution in [3.63, 3.8) is 0 Å². The van der Waals surface area contributed by atoms with E-state index in [4.69, 9.17) is 4.74 Å². The largest absolute Gasteiger partial charge is 0.465 e. The molecule has 6 nitrogen and oxygen atoms in total. The summed E-state index contributed by atoms with van der Waals surface area (Å²) in [5.74, 6) is -0.483. The van der Waals surface area contributed by atoms with E-state index in [1.807, 2.05) is 0 Å². The van der Waals surface area contributed by atoms with Crippen LogP contribution in [0, 0.1) is 0 Å². The van der Waals surface area contributed by atoms with Crippen molar-refractivity contribution in [2.24, 2.45) is 0 Å². The molecule has 1 fully saturated rings. The Hall–Kier alpha value is -0.990. The number of hydrogen-bond acceptors (Lipinski definition) is 5. The second-order valence-corrected chi connectivity index (χ2v) is 7.52. The maximum absolute atomic E-state index is 12.7. The van der Waals surface area contributed by atoms with Crippen molar-refractivity contribution >= 4 is 31.9 Å². The van der Waals surface area contributed by atoms with E-state index in [2.05, 4.69) is 20.9 Å². The van der Waals surface area contributed by atoms with Crippen molar-refractivity contribution in [3.05, 3.63) is 22.9 Å². The van der Waals surface area contributed by atoms with Gasteiger partial charge in [0, 0.05) is 23.4 Å². The first-order valence-electron chi connectivity index (χ1n) is 6.76. The molecule has 116 valence electrons. The van der Waals surface area contributed by atoms with Gasteiger partial charge in [-0.1, -0.05) is 0 Å². The molecular weight excluding hydrogens is 360 g/mol. The Balaban J connectivity index is 2.34. The van der Waals surface area contributed by atoms with Gasteiger partial charge in [-0.05, 0) is 48.2 Å². The second kappa shape index (κ2) is 6.85. The lowest BCUT2D eigenvalue weighted by atomic mass is 10.1. The number of esters is 1. The highest BCUT2D eigenvalue weighted by Crippen LogP contribution is 2.26. The number of rotatable bonds is 4. The number of carbonyl (C=O) groups excluding carboxylic acids is 1. The normalized spacial score (nSPS) is 20.2. The van der Waals surface area contributed by atoms with Crippen LogP contribution in [0.2, 0.25) is 0 Å². The Morgan fingerprint density at radius 1 is 1.48 bits per heavy atom. The Morgan fingerprint density at radius 2 is 2.24 bits per heavy atom. The van der Waals surface area contributed by atoms with Crippen molar-refractivity contribution < 1.29 is 17.9 Å². The average molecular weight is 377 g/mol. The van der Waals surface area contributed by atoms with E-state index in [1.165, 1.54) is 22.8 Å². The van der Waals surface area contributed by atoms with Crippen LogP contribution in [0.3, 0.4) is 0 Å². The fraction of sp³-hybridized carbons (Fsp3) is 0.538. The summed E-state index contributed by atoms with van der Waals surface area (Å²) >= 11 is 3.21. The summed E-state index contributed by atoms with van der Waals surface area (Å²) in [6.45, 7) is 2.26. The van der Waals surface area contributed by atoms with E-state index >= 15 is 0 Å². The highest BCUT2D eigenvalue weighted by molar-refractivity contribution is 9.10. The molecule has 1 saturated heterocycles. The topological polar surface area (TPSA) is 76.6 Å². The number of halogens is 1. The zero-order valence-corrected chi connectivity index (χ0v) is 14.1. The van der Waals surface area contributed by atoms with Crippen molar-refractivity contribution in [3.8, 4) is 0 Å². The zero-order chi connectivity index (χ0) is 15.5. The zero-order valence-electron chi connectivity index (χ0n) is 11.7. The number of hydrogen-bond donors (Lipinski definition) is 0. The number of nitrogens with zero attached hydrogens (tertiary/aromatic N) is 2. The molecule has 2 heterocycles. The molecule has 8 heteroatoms. The summed E-state index contributed by atoms with van der Waals surface area (Å²) in [5.41, 5.74) is 0. The highest BCUT2D eigenvalue weighted by atomic mass is 79.9. The molecule has 0 amide bonds. The second-order valence-electron chi connectivity index (χ2n) is 4.72. The smallest absolute Gasteiger partial charge is 0.324 e. The first kappa shape index (κ1) is 16.4. The molecule has 2 rings (SSSR count). The van der Waals surface area contributed by atoms with Crippen LogP contribution in [-0.2, 0) is 19.6 Å². The van der Waals surface area contributed by atoms with Gasteiger partial charge in [-0.2, -0.15) is 4.31 Å². The number of pyridine rings is 1. The maximum Gasteiger partial charge on any atom is 0.324 e. The number of ether oxygens (including phenoxy) is 1. The highest BCUT2D eigenvalue weighted by Gasteiger charge is 2.38. The number of aromatic nitrogens is 1. The van der Waals surface area contributed by atoms with E-state index < -0.39 is 22.0 Å². The molecule has 21 heavy (non-hydrogen) atoms. The monoisotopic (exact) mass is 376 g/mol. The minimum atomic E-state index is -3.76. The van der Waals surface area contributed by atoms with E-state index in [9.17, 15) is 13.2 Å². The Morgan fingerprint density at radius 3 is 2.90 bits per heavy atom. The van der Waals surface area contributed by atoms with Gasteiger partial charge in [-0.25, -0.2) is 8.42 Å². The van der Waals surface area contributed by atoms with Gasteiger partial charge >= 0.3 is 5.97 Å². The minimum Gasteiger partial charge on any atom is -0.465 e. The summed E-state index contributed by atoms with van der Waals surface area (Å²) in [6, 6.07) is 0.738. The van der Waals surface area contributed by atoms with Crippen LogP contribution in [0.1, 0.15) is 26.2 Å². The van der Waals surface area contributed by atoms with Gasteiger partial charge in [0.15, 0.2) is 0 Å². The molecular formula is C13H17BrN2O4S. The molecule has 1 aliphatic heterocycles. The van der Waals surface area contributed by atoms with Gasteiger partial charge < -0.3 is 4.74 Å². The SMILES string of the molecule is CCOC(=O)C1CCCCN1S(=O)(=O)c1cncc(Br)c1. The Labute approximate surface area is 132 Å². The van der Waals surface area contributed by atoms with Gasteiger partial charge in [-0.3, -0.25) is 9.78 Å². The lowest BCUT2D eigenvalue weighted by Gasteiger charge is -2.32. The van der Waals surface area contributed by atoms with E-state index in [0.717, 1.165) is 12.8 Å². The maximum atomic E-state index is 12.7. The quantitative estimate of drug-likeness (QED) is 0.750. The molecule has 1 unspecified atom stereocenters. The van der Waals surface area contributed by atoms with Crippen LogP contribution in [0.15, 0.2) is 27.8 Å². The van der Waals surface area contributed by atoms with Gasteiger partial charge in [0.05, 0.1) is 6.61 Å². The molecule has 1 aromatic rings. The molecule has 1 aliphatic rings. The van der Waals surface area contributed by atoms with Crippen molar-refractivity contribution in [2.75, 3.05) is 13.2 Å². The molecule has 0 saturated carbocycles. The summed E-state index contributed by atoms with van der Waals surface area (Å²) in [4.78, 5) is 16.0. The van der Waals surface area contributed by atoms with Crippen LogP contribution in [0.5, 0.6) is 0 Å². The number of piperidine rings is 1. The van der Waals surface area contributed by atoms with Gasteiger partial charge in [0.1, 0.15) is 10.9 Å². The van der Waals surface area contributed by atoms with Crippen LogP contribution < -0.4 is 0 Å². The van der Waals surface area contributed by atoms with Gasteiger partial charge in [0.2, 0.25) is 10.0 Å². The van der Waals surface area contributed by atoms with E-state index in [-0.39, 0.29) is 11.5 Å². The molecule has 0 spiro atoms. The van der Waals surface area contributed by atoms with E-state index in [1.54, 1.807) is 6.92 Å². The Bertz CT molecular complexity index is 620. The van der Waals surface area contributed by atoms with Crippen molar-refractivity contribution in [1.82, 2.24) is 9.29 Å². The predicted octanol–water partition coefficient (Wildman–Crippen LogP) is 1.95.